The van der Waals surface area contributed by atoms with E-state index in [2.05, 4.69) is 39.0 Å². The molecule has 1 aromatic heterocycles. The number of hydrogen-bond donors (Lipinski definition) is 2. The van der Waals surface area contributed by atoms with Crippen LogP contribution in [0.2, 0.25) is 0 Å². The lowest BCUT2D eigenvalue weighted by Gasteiger charge is -2.10. The number of nitrogens with one attached hydrogen (secondary N) is 2. The van der Waals surface area contributed by atoms with Crippen LogP contribution in [-0.4, -0.2) is 22.6 Å². The van der Waals surface area contributed by atoms with Gasteiger partial charge < -0.3 is 10.6 Å². The molecule has 0 fully saturated rings. The zero-order valence-corrected chi connectivity index (χ0v) is 13.5. The van der Waals surface area contributed by atoms with E-state index in [9.17, 15) is 4.79 Å². The average Bonchev–Trinajstić information content (AvgIpc) is 2.49. The highest BCUT2D eigenvalue weighted by Gasteiger charge is 2.09. The van der Waals surface area contributed by atoms with Crippen LogP contribution >= 0.6 is 0 Å². The summed E-state index contributed by atoms with van der Waals surface area (Å²) in [4.78, 5) is 11.9. The molecule has 0 aliphatic rings. The van der Waals surface area contributed by atoms with E-state index in [1.807, 2.05) is 27.7 Å². The molecular weight excluding hydrogens is 276 g/mol. The smallest absolute Gasteiger partial charge is 0.271 e. The molecule has 2 aromatic rings. The first-order valence-corrected chi connectivity index (χ1v) is 7.42. The zero-order valence-electron chi connectivity index (χ0n) is 13.5. The highest BCUT2D eigenvalue weighted by Crippen LogP contribution is 2.20. The van der Waals surface area contributed by atoms with E-state index >= 15 is 0 Å². The third kappa shape index (κ3) is 4.28. The lowest BCUT2D eigenvalue weighted by Crippen LogP contribution is -2.28. The predicted molar refractivity (Wildman–Crippen MR) is 88.4 cm³/mol. The monoisotopic (exact) mass is 298 g/mol. The highest BCUT2D eigenvalue weighted by molar-refractivity contribution is 5.92. The van der Waals surface area contributed by atoms with Crippen molar-refractivity contribution in [2.24, 2.45) is 5.92 Å². The molecule has 2 N–H and O–H groups in total. The molecule has 0 aliphatic carbocycles. The van der Waals surface area contributed by atoms with Crippen molar-refractivity contribution < 1.29 is 4.79 Å². The van der Waals surface area contributed by atoms with Crippen LogP contribution in [0, 0.1) is 19.8 Å². The van der Waals surface area contributed by atoms with Crippen molar-refractivity contribution in [2.75, 3.05) is 11.9 Å². The first kappa shape index (κ1) is 15.9. The van der Waals surface area contributed by atoms with Gasteiger partial charge in [0.25, 0.3) is 5.91 Å². The molecule has 0 atom stereocenters. The molecule has 0 bridgehead atoms. The predicted octanol–water partition coefficient (Wildman–Crippen LogP) is 3.22. The van der Waals surface area contributed by atoms with Gasteiger partial charge in [-0.3, -0.25) is 4.79 Å². The van der Waals surface area contributed by atoms with Crippen LogP contribution in [0.4, 0.5) is 11.5 Å². The quantitative estimate of drug-likeness (QED) is 0.889. The summed E-state index contributed by atoms with van der Waals surface area (Å²) >= 11 is 0. The molecule has 0 saturated carbocycles. The van der Waals surface area contributed by atoms with Crippen LogP contribution in [0.15, 0.2) is 30.3 Å². The SMILES string of the molecule is Cc1ccc(C)c(Nc2ccc(C(=O)NCC(C)C)nn2)c1. The van der Waals surface area contributed by atoms with Gasteiger partial charge in [0.05, 0.1) is 0 Å². The molecule has 0 aliphatic heterocycles. The maximum absolute atomic E-state index is 11.9. The molecule has 2 rings (SSSR count). The Balaban J connectivity index is 2.05. The van der Waals surface area contributed by atoms with Crippen LogP contribution in [0.1, 0.15) is 35.5 Å². The van der Waals surface area contributed by atoms with Crippen molar-refractivity contribution in [1.82, 2.24) is 15.5 Å². The Morgan fingerprint density at radius 3 is 2.55 bits per heavy atom. The fourth-order valence-corrected chi connectivity index (χ4v) is 1.92. The summed E-state index contributed by atoms with van der Waals surface area (Å²) in [6.07, 6.45) is 0. The summed E-state index contributed by atoms with van der Waals surface area (Å²) in [7, 11) is 0. The Morgan fingerprint density at radius 1 is 1.14 bits per heavy atom. The molecule has 1 amide bonds. The topological polar surface area (TPSA) is 66.9 Å². The summed E-state index contributed by atoms with van der Waals surface area (Å²) in [5, 5.41) is 14.1. The lowest BCUT2D eigenvalue weighted by molar-refractivity contribution is 0.0943. The van der Waals surface area contributed by atoms with E-state index in [0.29, 0.717) is 24.0 Å². The number of nitrogens with zero attached hydrogens (tertiary/aromatic N) is 2. The number of aryl methyl sites for hydroxylation is 2. The van der Waals surface area contributed by atoms with E-state index < -0.39 is 0 Å². The van der Waals surface area contributed by atoms with Crippen molar-refractivity contribution in [1.29, 1.82) is 0 Å². The fraction of sp³-hybridized carbons (Fsp3) is 0.353. The second kappa shape index (κ2) is 7.02. The van der Waals surface area contributed by atoms with Crippen LogP contribution in [0.5, 0.6) is 0 Å². The number of amides is 1. The van der Waals surface area contributed by atoms with Crippen LogP contribution in [-0.2, 0) is 0 Å². The first-order valence-electron chi connectivity index (χ1n) is 7.42. The third-order valence-corrected chi connectivity index (χ3v) is 3.22. The molecule has 0 unspecified atom stereocenters. The minimum Gasteiger partial charge on any atom is -0.350 e. The van der Waals surface area contributed by atoms with Crippen molar-refractivity contribution >= 4 is 17.4 Å². The molecule has 1 heterocycles. The molecule has 0 radical (unpaired) electrons. The lowest BCUT2D eigenvalue weighted by atomic mass is 10.1. The highest BCUT2D eigenvalue weighted by atomic mass is 16.1. The van der Waals surface area contributed by atoms with Crippen molar-refractivity contribution in [3.8, 4) is 0 Å². The van der Waals surface area contributed by atoms with Gasteiger partial charge in [0.15, 0.2) is 11.5 Å². The van der Waals surface area contributed by atoms with Gasteiger partial charge >= 0.3 is 0 Å². The van der Waals surface area contributed by atoms with Gasteiger partial charge in [-0.05, 0) is 49.1 Å². The zero-order chi connectivity index (χ0) is 16.1. The third-order valence-electron chi connectivity index (χ3n) is 3.22. The van der Waals surface area contributed by atoms with Crippen molar-refractivity contribution in [3.05, 3.63) is 47.2 Å². The van der Waals surface area contributed by atoms with Crippen LogP contribution < -0.4 is 10.6 Å². The molecule has 0 saturated heterocycles. The average molecular weight is 298 g/mol. The number of carbonyl (C=O) groups is 1. The maximum Gasteiger partial charge on any atom is 0.271 e. The molecular formula is C17H22N4O. The Bertz CT molecular complexity index is 650. The van der Waals surface area contributed by atoms with Crippen molar-refractivity contribution in [2.45, 2.75) is 27.7 Å². The van der Waals surface area contributed by atoms with E-state index in [4.69, 9.17) is 0 Å². The Hall–Kier alpha value is -2.43. The number of carbonyl (C=O) groups excluding carboxylic acids is 1. The van der Waals surface area contributed by atoms with Crippen LogP contribution in [0.3, 0.4) is 0 Å². The van der Waals surface area contributed by atoms with Gasteiger partial charge in [-0.2, -0.15) is 0 Å². The number of benzene rings is 1. The largest absolute Gasteiger partial charge is 0.350 e. The van der Waals surface area contributed by atoms with Crippen LogP contribution in [0.25, 0.3) is 0 Å². The normalized spacial score (nSPS) is 10.6. The Kier molecular flexibility index (Phi) is 5.09. The summed E-state index contributed by atoms with van der Waals surface area (Å²) < 4.78 is 0. The Labute approximate surface area is 131 Å². The van der Waals surface area contributed by atoms with Gasteiger partial charge in [-0.15, -0.1) is 10.2 Å². The van der Waals surface area contributed by atoms with E-state index in [-0.39, 0.29) is 5.91 Å². The molecule has 5 heteroatoms. The molecule has 5 nitrogen and oxygen atoms in total. The Morgan fingerprint density at radius 2 is 1.91 bits per heavy atom. The van der Waals surface area contributed by atoms with Gasteiger partial charge in [0, 0.05) is 12.2 Å². The molecule has 0 spiro atoms. The van der Waals surface area contributed by atoms with Gasteiger partial charge in [-0.1, -0.05) is 26.0 Å². The van der Waals surface area contributed by atoms with Gasteiger partial charge in [0.1, 0.15) is 0 Å². The molecule has 22 heavy (non-hydrogen) atoms. The first-order chi connectivity index (χ1) is 10.5. The van der Waals surface area contributed by atoms with Gasteiger partial charge in [-0.25, -0.2) is 0 Å². The summed E-state index contributed by atoms with van der Waals surface area (Å²) in [5.41, 5.74) is 3.62. The minimum atomic E-state index is -0.195. The number of aromatic nitrogens is 2. The summed E-state index contributed by atoms with van der Waals surface area (Å²) in [5.74, 6) is 0.829. The summed E-state index contributed by atoms with van der Waals surface area (Å²) in [6.45, 7) is 8.79. The van der Waals surface area contributed by atoms with Gasteiger partial charge in [0.2, 0.25) is 0 Å². The van der Waals surface area contributed by atoms with E-state index in [1.165, 1.54) is 5.56 Å². The second-order valence-corrected chi connectivity index (χ2v) is 5.85. The van der Waals surface area contributed by atoms with E-state index in [0.717, 1.165) is 11.3 Å². The molecule has 116 valence electrons. The molecule has 1 aromatic carbocycles. The fourth-order valence-electron chi connectivity index (χ4n) is 1.92. The summed E-state index contributed by atoms with van der Waals surface area (Å²) in [6, 6.07) is 9.61. The maximum atomic E-state index is 11.9. The number of hydrogen-bond acceptors (Lipinski definition) is 4. The number of anilines is 2. The van der Waals surface area contributed by atoms with Crippen molar-refractivity contribution in [3.63, 3.8) is 0 Å². The minimum absolute atomic E-state index is 0.195. The number of rotatable bonds is 5. The standard InChI is InChI=1S/C17H22N4O/c1-11(2)10-18-17(22)14-7-8-16(21-20-14)19-15-9-12(3)5-6-13(15)4/h5-9,11H,10H2,1-4H3,(H,18,22)(H,19,21). The second-order valence-electron chi connectivity index (χ2n) is 5.85. The van der Waals surface area contributed by atoms with E-state index in [1.54, 1.807) is 12.1 Å².